The number of hydrogen-bond donors (Lipinski definition) is 0. The zero-order valence-electron chi connectivity index (χ0n) is 20.4. The van der Waals surface area contributed by atoms with Crippen molar-refractivity contribution in [3.8, 4) is 11.5 Å². The maximum Gasteiger partial charge on any atom is 0.257 e. The molecular formula is C27H32N4O4. The molecule has 2 aliphatic rings. The number of fused-ring (bicyclic) bond motifs is 1. The lowest BCUT2D eigenvalue weighted by molar-refractivity contribution is 0.0708. The Morgan fingerprint density at radius 2 is 1.57 bits per heavy atom. The fourth-order valence-electron chi connectivity index (χ4n) is 5.25. The number of hydrogen-bond acceptors (Lipinski definition) is 5. The SMILES string of the molecule is COc1ccc(C(=O)N2CCC(c3ccn4ncc(C(=O)N5CCCCC5)c4c3)CC2)cc1OC. The van der Waals surface area contributed by atoms with Gasteiger partial charge < -0.3 is 19.3 Å². The Bertz CT molecular complexity index is 1220. The van der Waals surface area contributed by atoms with Crippen molar-refractivity contribution < 1.29 is 19.1 Å². The Labute approximate surface area is 205 Å². The van der Waals surface area contributed by atoms with Crippen LogP contribution in [0.15, 0.2) is 42.7 Å². The first-order chi connectivity index (χ1) is 17.1. The van der Waals surface area contributed by atoms with Crippen LogP contribution in [0.5, 0.6) is 11.5 Å². The third-order valence-electron chi connectivity index (χ3n) is 7.30. The number of pyridine rings is 1. The van der Waals surface area contributed by atoms with Crippen LogP contribution in [0.4, 0.5) is 0 Å². The number of carbonyl (C=O) groups excluding carboxylic acids is 2. The van der Waals surface area contributed by atoms with Crippen molar-refractivity contribution in [2.24, 2.45) is 0 Å². The molecule has 0 unspecified atom stereocenters. The van der Waals surface area contributed by atoms with Gasteiger partial charge in [-0.15, -0.1) is 0 Å². The number of aromatic nitrogens is 2. The molecule has 0 atom stereocenters. The normalized spacial score (nSPS) is 17.0. The van der Waals surface area contributed by atoms with E-state index in [1.807, 2.05) is 16.0 Å². The number of likely N-dealkylation sites (tertiary alicyclic amines) is 2. The van der Waals surface area contributed by atoms with Crippen molar-refractivity contribution in [1.82, 2.24) is 19.4 Å². The van der Waals surface area contributed by atoms with Gasteiger partial charge in [0, 0.05) is 37.9 Å². The minimum absolute atomic E-state index is 0.00468. The van der Waals surface area contributed by atoms with Gasteiger partial charge in [-0.2, -0.15) is 5.10 Å². The van der Waals surface area contributed by atoms with Crippen LogP contribution < -0.4 is 9.47 Å². The fraction of sp³-hybridized carbons (Fsp3) is 0.444. The summed E-state index contributed by atoms with van der Waals surface area (Å²) in [4.78, 5) is 30.1. The van der Waals surface area contributed by atoms with Crippen molar-refractivity contribution >= 4 is 17.3 Å². The van der Waals surface area contributed by atoms with Crippen molar-refractivity contribution in [1.29, 1.82) is 0 Å². The van der Waals surface area contributed by atoms with Crippen LogP contribution in [0.1, 0.15) is 64.3 Å². The van der Waals surface area contributed by atoms with E-state index >= 15 is 0 Å². The first-order valence-electron chi connectivity index (χ1n) is 12.4. The molecule has 184 valence electrons. The average Bonchev–Trinajstić information content (AvgIpc) is 3.35. The first-order valence-corrected chi connectivity index (χ1v) is 12.4. The third-order valence-corrected chi connectivity index (χ3v) is 7.30. The molecule has 4 heterocycles. The second kappa shape index (κ2) is 9.98. The lowest BCUT2D eigenvalue weighted by Gasteiger charge is -2.32. The minimum Gasteiger partial charge on any atom is -0.493 e. The number of amides is 2. The van der Waals surface area contributed by atoms with Crippen LogP contribution in [0.2, 0.25) is 0 Å². The molecule has 1 aromatic carbocycles. The van der Waals surface area contributed by atoms with E-state index in [0.717, 1.165) is 44.3 Å². The molecule has 3 aromatic rings. The van der Waals surface area contributed by atoms with Crippen LogP contribution in [0, 0.1) is 0 Å². The summed E-state index contributed by atoms with van der Waals surface area (Å²) in [7, 11) is 3.15. The van der Waals surface area contributed by atoms with E-state index in [9.17, 15) is 9.59 Å². The third kappa shape index (κ3) is 4.57. The Morgan fingerprint density at radius 1 is 0.857 bits per heavy atom. The highest BCUT2D eigenvalue weighted by atomic mass is 16.5. The molecule has 35 heavy (non-hydrogen) atoms. The molecule has 0 spiro atoms. The summed E-state index contributed by atoms with van der Waals surface area (Å²) in [5, 5.41) is 4.41. The fourth-order valence-corrected chi connectivity index (χ4v) is 5.25. The van der Waals surface area contributed by atoms with Crippen LogP contribution in [-0.2, 0) is 0 Å². The predicted molar refractivity (Wildman–Crippen MR) is 132 cm³/mol. The van der Waals surface area contributed by atoms with Crippen molar-refractivity contribution in [2.75, 3.05) is 40.4 Å². The Hall–Kier alpha value is -3.55. The zero-order valence-corrected chi connectivity index (χ0v) is 20.4. The van der Waals surface area contributed by atoms with E-state index in [-0.39, 0.29) is 11.8 Å². The first kappa shape index (κ1) is 23.2. The minimum atomic E-state index is 0.00468. The molecule has 0 bridgehead atoms. The maximum absolute atomic E-state index is 13.1. The quantitative estimate of drug-likeness (QED) is 0.556. The number of rotatable bonds is 5. The molecule has 0 aliphatic carbocycles. The molecule has 8 heteroatoms. The van der Waals surface area contributed by atoms with Gasteiger partial charge in [0.05, 0.1) is 31.5 Å². The van der Waals surface area contributed by atoms with E-state index < -0.39 is 0 Å². The summed E-state index contributed by atoms with van der Waals surface area (Å²) >= 11 is 0. The van der Waals surface area contributed by atoms with E-state index in [1.165, 1.54) is 12.0 Å². The molecule has 2 amide bonds. The van der Waals surface area contributed by atoms with Gasteiger partial charge >= 0.3 is 0 Å². The van der Waals surface area contributed by atoms with E-state index in [1.54, 1.807) is 43.1 Å². The molecule has 0 N–H and O–H groups in total. The molecule has 2 aliphatic heterocycles. The topological polar surface area (TPSA) is 76.4 Å². The van der Waals surface area contributed by atoms with Gasteiger partial charge in [-0.25, -0.2) is 4.52 Å². The van der Waals surface area contributed by atoms with Gasteiger partial charge in [-0.3, -0.25) is 9.59 Å². The molecule has 0 radical (unpaired) electrons. The average molecular weight is 477 g/mol. The molecule has 0 saturated carbocycles. The van der Waals surface area contributed by atoms with Gasteiger partial charge in [-0.05, 0) is 73.9 Å². The molecular weight excluding hydrogens is 444 g/mol. The monoisotopic (exact) mass is 476 g/mol. The lowest BCUT2D eigenvalue weighted by atomic mass is 9.89. The second-order valence-electron chi connectivity index (χ2n) is 9.34. The predicted octanol–water partition coefficient (Wildman–Crippen LogP) is 4.00. The number of carbonyl (C=O) groups is 2. The molecule has 2 aromatic heterocycles. The number of ether oxygens (including phenoxy) is 2. The van der Waals surface area contributed by atoms with Gasteiger partial charge in [-0.1, -0.05) is 0 Å². The van der Waals surface area contributed by atoms with Gasteiger partial charge in [0.25, 0.3) is 11.8 Å². The second-order valence-corrected chi connectivity index (χ2v) is 9.34. The molecule has 2 fully saturated rings. The van der Waals surface area contributed by atoms with Crippen LogP contribution in [-0.4, -0.2) is 71.6 Å². The van der Waals surface area contributed by atoms with Gasteiger partial charge in [0.2, 0.25) is 0 Å². The van der Waals surface area contributed by atoms with E-state index in [2.05, 4.69) is 17.2 Å². The van der Waals surface area contributed by atoms with Crippen molar-refractivity contribution in [3.63, 3.8) is 0 Å². The highest BCUT2D eigenvalue weighted by Crippen LogP contribution is 2.32. The maximum atomic E-state index is 13.1. The van der Waals surface area contributed by atoms with Crippen molar-refractivity contribution in [2.45, 2.75) is 38.0 Å². The summed E-state index contributed by atoms with van der Waals surface area (Å²) in [6, 6.07) is 9.49. The molecule has 8 nitrogen and oxygen atoms in total. The summed E-state index contributed by atoms with van der Waals surface area (Å²) in [6.07, 6.45) is 8.71. The number of benzene rings is 1. The Morgan fingerprint density at radius 3 is 2.29 bits per heavy atom. The van der Waals surface area contributed by atoms with Crippen LogP contribution in [0.25, 0.3) is 5.52 Å². The Balaban J connectivity index is 1.28. The Kier molecular flexibility index (Phi) is 6.61. The van der Waals surface area contributed by atoms with Crippen molar-refractivity contribution in [3.05, 3.63) is 59.4 Å². The van der Waals surface area contributed by atoms with Gasteiger partial charge in [0.1, 0.15) is 0 Å². The molecule has 5 rings (SSSR count). The van der Waals surface area contributed by atoms with Crippen LogP contribution in [0.3, 0.4) is 0 Å². The summed E-state index contributed by atoms with van der Waals surface area (Å²) < 4.78 is 12.4. The summed E-state index contributed by atoms with van der Waals surface area (Å²) in [5.74, 6) is 1.58. The van der Waals surface area contributed by atoms with E-state index in [4.69, 9.17) is 9.47 Å². The standard InChI is InChI=1S/C27H32N4O4/c1-34-24-7-6-21(17-25(24)35-2)26(32)30-13-8-19(9-14-30)20-10-15-31-23(16-20)22(18-28-31)27(33)29-11-4-3-5-12-29/h6-7,10,15-19H,3-5,8-9,11-14H2,1-2H3. The summed E-state index contributed by atoms with van der Waals surface area (Å²) in [5.41, 5.74) is 3.34. The number of piperidine rings is 2. The lowest BCUT2D eigenvalue weighted by Crippen LogP contribution is -2.38. The zero-order chi connectivity index (χ0) is 24.4. The van der Waals surface area contributed by atoms with E-state index in [0.29, 0.717) is 41.6 Å². The van der Waals surface area contributed by atoms with Crippen LogP contribution >= 0.6 is 0 Å². The smallest absolute Gasteiger partial charge is 0.257 e. The number of nitrogens with zero attached hydrogens (tertiary/aromatic N) is 4. The van der Waals surface area contributed by atoms with Gasteiger partial charge in [0.15, 0.2) is 11.5 Å². The highest BCUT2D eigenvalue weighted by molar-refractivity contribution is 6.00. The largest absolute Gasteiger partial charge is 0.493 e. The molecule has 2 saturated heterocycles. The highest BCUT2D eigenvalue weighted by Gasteiger charge is 2.27. The summed E-state index contributed by atoms with van der Waals surface area (Å²) in [6.45, 7) is 3.01. The number of methoxy groups -OCH3 is 2.